The van der Waals surface area contributed by atoms with Crippen molar-refractivity contribution in [1.29, 1.82) is 0 Å². The van der Waals surface area contributed by atoms with Gasteiger partial charge < -0.3 is 19.5 Å². The quantitative estimate of drug-likeness (QED) is 0.443. The van der Waals surface area contributed by atoms with Crippen LogP contribution in [0.15, 0.2) is 53.1 Å². The van der Waals surface area contributed by atoms with E-state index in [4.69, 9.17) is 9.47 Å². The lowest BCUT2D eigenvalue weighted by molar-refractivity contribution is -0.129. The molecule has 7 heteroatoms. The molecular weight excluding hydrogens is 402 g/mol. The molecule has 0 saturated carbocycles. The SMILES string of the molecule is CCOc1ccc(C2C(C(=O)c3cccs3)=C(O)C(=O)N2CCCOC(C)C)cc1. The van der Waals surface area contributed by atoms with Gasteiger partial charge in [-0.1, -0.05) is 18.2 Å². The lowest BCUT2D eigenvalue weighted by atomic mass is 9.95. The molecule has 1 amide bonds. The third-order valence-electron chi connectivity index (χ3n) is 4.79. The van der Waals surface area contributed by atoms with E-state index in [1.165, 1.54) is 11.3 Å². The van der Waals surface area contributed by atoms with Crippen LogP contribution >= 0.6 is 11.3 Å². The second kappa shape index (κ2) is 9.91. The Morgan fingerprint density at radius 2 is 1.97 bits per heavy atom. The summed E-state index contributed by atoms with van der Waals surface area (Å²) < 4.78 is 11.1. The second-order valence-corrected chi connectivity index (χ2v) is 8.19. The number of nitrogens with zero attached hydrogens (tertiary/aromatic N) is 1. The van der Waals surface area contributed by atoms with Gasteiger partial charge in [0.15, 0.2) is 5.76 Å². The highest BCUT2D eigenvalue weighted by atomic mass is 32.1. The molecule has 1 aromatic carbocycles. The number of aliphatic hydroxyl groups excluding tert-OH is 1. The molecule has 0 saturated heterocycles. The van der Waals surface area contributed by atoms with Crippen molar-refractivity contribution in [3.05, 3.63) is 63.6 Å². The number of ether oxygens (including phenoxy) is 2. The first kappa shape index (κ1) is 22.1. The van der Waals surface area contributed by atoms with Crippen LogP contribution in [-0.4, -0.2) is 47.6 Å². The number of carbonyl (C=O) groups is 2. The molecule has 3 rings (SSSR count). The Labute approximate surface area is 180 Å². The summed E-state index contributed by atoms with van der Waals surface area (Å²) in [5, 5.41) is 12.4. The number of carbonyl (C=O) groups excluding carboxylic acids is 2. The molecule has 0 bridgehead atoms. The van der Waals surface area contributed by atoms with Crippen molar-refractivity contribution in [2.24, 2.45) is 0 Å². The molecule has 1 aliphatic heterocycles. The largest absolute Gasteiger partial charge is 0.503 e. The van der Waals surface area contributed by atoms with Gasteiger partial charge in [-0.2, -0.15) is 0 Å². The smallest absolute Gasteiger partial charge is 0.290 e. The molecular formula is C23H27NO5S. The van der Waals surface area contributed by atoms with Gasteiger partial charge in [0.2, 0.25) is 5.78 Å². The molecule has 1 unspecified atom stereocenters. The molecule has 2 aromatic rings. The molecule has 1 atom stereocenters. The van der Waals surface area contributed by atoms with Crippen LogP contribution in [0.2, 0.25) is 0 Å². The predicted octanol–water partition coefficient (Wildman–Crippen LogP) is 4.54. The number of ketones is 1. The first-order valence-electron chi connectivity index (χ1n) is 10.1. The summed E-state index contributed by atoms with van der Waals surface area (Å²) >= 11 is 1.29. The van der Waals surface area contributed by atoms with E-state index in [1.807, 2.05) is 45.0 Å². The molecule has 0 aliphatic carbocycles. The van der Waals surface area contributed by atoms with Gasteiger partial charge in [-0.25, -0.2) is 0 Å². The summed E-state index contributed by atoms with van der Waals surface area (Å²) in [4.78, 5) is 28.1. The van der Waals surface area contributed by atoms with Crippen molar-refractivity contribution in [2.45, 2.75) is 39.3 Å². The van der Waals surface area contributed by atoms with E-state index in [0.717, 1.165) is 5.56 Å². The zero-order valence-corrected chi connectivity index (χ0v) is 18.3. The van der Waals surface area contributed by atoms with Crippen molar-refractivity contribution in [1.82, 2.24) is 4.90 Å². The molecule has 1 N–H and O–H groups in total. The van der Waals surface area contributed by atoms with Gasteiger partial charge in [0.05, 0.1) is 29.2 Å². The fourth-order valence-electron chi connectivity index (χ4n) is 3.47. The molecule has 0 spiro atoms. The van der Waals surface area contributed by atoms with Gasteiger partial charge in [0.1, 0.15) is 5.75 Å². The van der Waals surface area contributed by atoms with E-state index >= 15 is 0 Å². The normalized spacial score (nSPS) is 16.6. The Balaban J connectivity index is 1.92. The second-order valence-electron chi connectivity index (χ2n) is 7.24. The molecule has 0 radical (unpaired) electrons. The minimum atomic E-state index is -0.651. The van der Waals surface area contributed by atoms with Gasteiger partial charge >= 0.3 is 0 Å². The molecule has 160 valence electrons. The van der Waals surface area contributed by atoms with Crippen LogP contribution < -0.4 is 4.74 Å². The number of rotatable bonds is 10. The van der Waals surface area contributed by atoms with Crippen LogP contribution in [0.5, 0.6) is 5.75 Å². The zero-order valence-electron chi connectivity index (χ0n) is 17.5. The van der Waals surface area contributed by atoms with Crippen LogP contribution in [0.4, 0.5) is 0 Å². The Bertz CT molecular complexity index is 902. The lowest BCUT2D eigenvalue weighted by Gasteiger charge is -2.27. The Morgan fingerprint density at radius 3 is 2.57 bits per heavy atom. The summed E-state index contributed by atoms with van der Waals surface area (Å²) in [6, 6.07) is 10.1. The summed E-state index contributed by atoms with van der Waals surface area (Å²) in [6.45, 7) is 7.22. The fraction of sp³-hybridized carbons (Fsp3) is 0.391. The average molecular weight is 430 g/mol. The third-order valence-corrected chi connectivity index (χ3v) is 5.66. The monoisotopic (exact) mass is 429 g/mol. The van der Waals surface area contributed by atoms with Crippen LogP contribution in [0.3, 0.4) is 0 Å². The van der Waals surface area contributed by atoms with Gasteiger partial charge in [-0.3, -0.25) is 9.59 Å². The first-order valence-corrected chi connectivity index (χ1v) is 11.0. The Kier molecular flexibility index (Phi) is 7.29. The molecule has 30 heavy (non-hydrogen) atoms. The van der Waals surface area contributed by atoms with Gasteiger partial charge in [-0.15, -0.1) is 11.3 Å². The average Bonchev–Trinajstić information content (AvgIpc) is 3.34. The Hall–Kier alpha value is -2.64. The summed E-state index contributed by atoms with van der Waals surface area (Å²) in [5.74, 6) is -0.618. The van der Waals surface area contributed by atoms with Crippen molar-refractivity contribution in [2.75, 3.05) is 19.8 Å². The van der Waals surface area contributed by atoms with E-state index in [9.17, 15) is 14.7 Å². The number of amides is 1. The highest BCUT2D eigenvalue weighted by molar-refractivity contribution is 7.12. The van der Waals surface area contributed by atoms with Crippen LogP contribution in [0, 0.1) is 0 Å². The van der Waals surface area contributed by atoms with Gasteiger partial charge in [0, 0.05) is 13.2 Å². The number of Topliss-reactive ketones (excluding diaryl/α,β-unsaturated/α-hetero) is 1. The zero-order chi connectivity index (χ0) is 21.7. The molecule has 1 aliphatic rings. The predicted molar refractivity (Wildman–Crippen MR) is 116 cm³/mol. The van der Waals surface area contributed by atoms with Crippen LogP contribution in [0.1, 0.15) is 48.5 Å². The molecule has 2 heterocycles. The van der Waals surface area contributed by atoms with Crippen molar-refractivity contribution in [3.63, 3.8) is 0 Å². The van der Waals surface area contributed by atoms with Gasteiger partial charge in [0.25, 0.3) is 5.91 Å². The molecule has 1 aromatic heterocycles. The minimum absolute atomic E-state index is 0.101. The van der Waals surface area contributed by atoms with Crippen molar-refractivity contribution >= 4 is 23.0 Å². The van der Waals surface area contributed by atoms with Crippen molar-refractivity contribution in [3.8, 4) is 5.75 Å². The topological polar surface area (TPSA) is 76.1 Å². The number of hydrogen-bond acceptors (Lipinski definition) is 6. The first-order chi connectivity index (χ1) is 14.4. The third kappa shape index (κ3) is 4.74. The standard InChI is InChI=1S/C23H27NO5S/c1-4-28-17-10-8-16(9-11-17)20-19(21(25)18-7-5-14-30-18)22(26)23(27)24(20)12-6-13-29-15(2)3/h5,7-11,14-15,20,26H,4,6,12-13H2,1-3H3. The summed E-state index contributed by atoms with van der Waals surface area (Å²) in [5.41, 5.74) is 0.872. The number of thiophene rings is 1. The van der Waals surface area contributed by atoms with E-state index in [1.54, 1.807) is 22.4 Å². The van der Waals surface area contributed by atoms with Crippen LogP contribution in [-0.2, 0) is 9.53 Å². The van der Waals surface area contributed by atoms with Crippen molar-refractivity contribution < 1.29 is 24.2 Å². The number of hydrogen-bond donors (Lipinski definition) is 1. The summed E-state index contributed by atoms with van der Waals surface area (Å²) in [7, 11) is 0. The highest BCUT2D eigenvalue weighted by Gasteiger charge is 2.43. The maximum Gasteiger partial charge on any atom is 0.290 e. The Morgan fingerprint density at radius 1 is 1.23 bits per heavy atom. The van der Waals surface area contributed by atoms with E-state index in [-0.39, 0.29) is 17.5 Å². The lowest BCUT2D eigenvalue weighted by Crippen LogP contribution is -2.32. The van der Waals surface area contributed by atoms with E-state index < -0.39 is 17.7 Å². The summed E-state index contributed by atoms with van der Waals surface area (Å²) in [6.07, 6.45) is 0.703. The maximum absolute atomic E-state index is 13.1. The van der Waals surface area contributed by atoms with Gasteiger partial charge in [-0.05, 0) is 56.3 Å². The van der Waals surface area contributed by atoms with E-state index in [0.29, 0.717) is 36.8 Å². The number of aliphatic hydroxyl groups is 1. The molecule has 6 nitrogen and oxygen atoms in total. The van der Waals surface area contributed by atoms with E-state index in [2.05, 4.69) is 0 Å². The molecule has 0 fully saturated rings. The maximum atomic E-state index is 13.1. The highest BCUT2D eigenvalue weighted by Crippen LogP contribution is 2.40. The van der Waals surface area contributed by atoms with Crippen LogP contribution in [0.25, 0.3) is 0 Å². The number of benzene rings is 1. The fourth-order valence-corrected chi connectivity index (χ4v) is 4.15. The minimum Gasteiger partial charge on any atom is -0.503 e.